The van der Waals surface area contributed by atoms with Crippen LogP contribution in [0.3, 0.4) is 0 Å². The van der Waals surface area contributed by atoms with Crippen LogP contribution in [0, 0.1) is 38.0 Å². The van der Waals surface area contributed by atoms with Gasteiger partial charge >= 0.3 is 0 Å². The molecular formula is C42H48N2O6. The second-order valence-corrected chi connectivity index (χ2v) is 14.4. The molecule has 2 aliphatic rings. The summed E-state index contributed by atoms with van der Waals surface area (Å²) in [5, 5.41) is 22.1. The lowest BCUT2D eigenvalue weighted by Crippen LogP contribution is -2.33. The number of hydrogen-bond donors (Lipinski definition) is 0. The van der Waals surface area contributed by atoms with Gasteiger partial charge in [-0.2, -0.15) is 0 Å². The average molecular weight is 677 g/mol. The third-order valence-corrected chi connectivity index (χ3v) is 11.3. The van der Waals surface area contributed by atoms with Gasteiger partial charge in [-0.25, -0.2) is 0 Å². The topological polar surface area (TPSA) is 105 Å². The number of rotatable bonds is 14. The summed E-state index contributed by atoms with van der Waals surface area (Å²) in [6.07, 6.45) is 17.0. The lowest BCUT2D eigenvalue weighted by Gasteiger charge is -2.42. The Hall–Kier alpha value is -4.72. The summed E-state index contributed by atoms with van der Waals surface area (Å²) in [4.78, 5) is 21.3. The van der Waals surface area contributed by atoms with Crippen molar-refractivity contribution in [2.75, 3.05) is 0 Å². The molecule has 2 saturated carbocycles. The van der Waals surface area contributed by atoms with Crippen LogP contribution in [-0.4, -0.2) is 9.85 Å². The quantitative estimate of drug-likeness (QED) is 0.0972. The van der Waals surface area contributed by atoms with E-state index in [0.29, 0.717) is 23.0 Å². The Morgan fingerprint density at radius 3 is 1.24 bits per heavy atom. The molecule has 0 unspecified atom stereocenters. The van der Waals surface area contributed by atoms with E-state index < -0.39 is 9.85 Å². The third-order valence-electron chi connectivity index (χ3n) is 11.3. The van der Waals surface area contributed by atoms with Crippen molar-refractivity contribution in [3.63, 3.8) is 0 Å². The zero-order chi connectivity index (χ0) is 34.9. The summed E-state index contributed by atoms with van der Waals surface area (Å²) in [5.41, 5.74) is 2.42. The van der Waals surface area contributed by atoms with E-state index in [1.165, 1.54) is 106 Å². The van der Waals surface area contributed by atoms with E-state index >= 15 is 0 Å². The molecule has 0 radical (unpaired) electrons. The fourth-order valence-electron chi connectivity index (χ4n) is 8.20. The highest BCUT2D eigenvalue weighted by Gasteiger charge is 2.38. The largest absolute Gasteiger partial charge is 0.457 e. The van der Waals surface area contributed by atoms with Gasteiger partial charge in [0.05, 0.1) is 9.85 Å². The minimum Gasteiger partial charge on any atom is -0.457 e. The molecule has 0 N–H and O–H groups in total. The lowest BCUT2D eigenvalue weighted by molar-refractivity contribution is -0.385. The molecule has 4 aromatic rings. The zero-order valence-electron chi connectivity index (χ0n) is 29.0. The van der Waals surface area contributed by atoms with Crippen molar-refractivity contribution in [3.8, 4) is 23.0 Å². The van der Waals surface area contributed by atoms with Crippen LogP contribution in [0.1, 0.15) is 102 Å². The fourth-order valence-corrected chi connectivity index (χ4v) is 8.20. The molecule has 2 aliphatic carbocycles. The third kappa shape index (κ3) is 8.70. The number of benzene rings is 4. The molecule has 0 heterocycles. The van der Waals surface area contributed by atoms with Crippen molar-refractivity contribution in [3.05, 3.63) is 128 Å². The monoisotopic (exact) mass is 676 g/mol. The highest BCUT2D eigenvalue weighted by Crippen LogP contribution is 2.49. The van der Waals surface area contributed by atoms with Gasteiger partial charge in [0.2, 0.25) is 0 Å². The first-order valence-electron chi connectivity index (χ1n) is 18.4. The van der Waals surface area contributed by atoms with Crippen LogP contribution >= 0.6 is 0 Å². The summed E-state index contributed by atoms with van der Waals surface area (Å²) in [5.74, 6) is 5.07. The molecule has 50 heavy (non-hydrogen) atoms. The van der Waals surface area contributed by atoms with E-state index in [2.05, 4.69) is 31.2 Å². The fraction of sp³-hybridized carbons (Fsp3) is 0.429. The second-order valence-electron chi connectivity index (χ2n) is 14.4. The van der Waals surface area contributed by atoms with E-state index in [0.717, 1.165) is 30.6 Å². The molecular weight excluding hydrogens is 628 g/mol. The maximum absolute atomic E-state index is 11.0. The molecule has 0 atom stereocenters. The predicted octanol–water partition coefficient (Wildman–Crippen LogP) is 12.3. The standard InChI is InChI=1S/C42H48N2O6/c1-2-3-4-31-5-7-32(8-6-31)9-10-33-27-29-42(30-28-33,34-11-19-38(20-12-34)49-40-23-15-36(16-24-40)43(45)46)35-13-21-39(22-14-35)50-41-25-17-37(18-26-41)44(47)48/h11-26,31-33H,2-10,27-30H2,1H3. The van der Waals surface area contributed by atoms with Crippen LogP contribution in [0.4, 0.5) is 11.4 Å². The van der Waals surface area contributed by atoms with Crippen LogP contribution in [0.15, 0.2) is 97.1 Å². The number of nitro benzene ring substituents is 2. The van der Waals surface area contributed by atoms with Crippen LogP contribution in [0.2, 0.25) is 0 Å². The summed E-state index contributed by atoms with van der Waals surface area (Å²) in [7, 11) is 0. The number of unbranched alkanes of at least 4 members (excludes halogenated alkanes) is 1. The van der Waals surface area contributed by atoms with Crippen molar-refractivity contribution in [2.24, 2.45) is 17.8 Å². The van der Waals surface area contributed by atoms with Crippen molar-refractivity contribution in [1.29, 1.82) is 0 Å². The van der Waals surface area contributed by atoms with Gasteiger partial charge in [-0.1, -0.05) is 89.0 Å². The highest BCUT2D eigenvalue weighted by molar-refractivity contribution is 5.46. The molecule has 262 valence electrons. The average Bonchev–Trinajstić information content (AvgIpc) is 3.15. The SMILES string of the molecule is CCCCC1CCC(CCC2CCC(c3ccc(Oc4ccc([N+](=O)[O-])cc4)cc3)(c3ccc(Oc4ccc([N+](=O)[O-])cc4)cc3)CC2)CC1. The molecule has 0 spiro atoms. The van der Waals surface area contributed by atoms with E-state index in [-0.39, 0.29) is 16.8 Å². The number of nitrogens with zero attached hydrogens (tertiary/aromatic N) is 2. The molecule has 8 heteroatoms. The van der Waals surface area contributed by atoms with E-state index in [1.807, 2.05) is 24.3 Å². The highest BCUT2D eigenvalue weighted by atomic mass is 16.6. The van der Waals surface area contributed by atoms with Gasteiger partial charge in [0, 0.05) is 29.7 Å². The van der Waals surface area contributed by atoms with Gasteiger partial charge in [-0.3, -0.25) is 20.2 Å². The van der Waals surface area contributed by atoms with Gasteiger partial charge in [0.1, 0.15) is 23.0 Å². The number of ether oxygens (including phenoxy) is 2. The first kappa shape index (κ1) is 35.1. The number of non-ortho nitro benzene ring substituents is 2. The van der Waals surface area contributed by atoms with Gasteiger partial charge in [0.15, 0.2) is 0 Å². The Labute approximate surface area is 295 Å². The maximum atomic E-state index is 11.0. The van der Waals surface area contributed by atoms with Gasteiger partial charge < -0.3 is 9.47 Å². The Morgan fingerprint density at radius 2 is 0.880 bits per heavy atom. The molecule has 8 nitrogen and oxygen atoms in total. The minimum atomic E-state index is -0.416. The van der Waals surface area contributed by atoms with Crippen LogP contribution in [0.25, 0.3) is 0 Å². The first-order chi connectivity index (χ1) is 24.3. The second kappa shape index (κ2) is 16.3. The van der Waals surface area contributed by atoms with E-state index in [4.69, 9.17) is 9.47 Å². The Kier molecular flexibility index (Phi) is 11.5. The van der Waals surface area contributed by atoms with Crippen LogP contribution in [-0.2, 0) is 5.41 Å². The van der Waals surface area contributed by atoms with Gasteiger partial charge in [-0.05, 0) is 103 Å². The Balaban J connectivity index is 1.15. The number of hydrogen-bond acceptors (Lipinski definition) is 6. The number of nitro groups is 2. The summed E-state index contributed by atoms with van der Waals surface area (Å²) in [6, 6.07) is 28.9. The summed E-state index contributed by atoms with van der Waals surface area (Å²) in [6.45, 7) is 2.30. The van der Waals surface area contributed by atoms with E-state index in [1.54, 1.807) is 24.3 Å². The minimum absolute atomic E-state index is 0.0317. The molecule has 0 aromatic heterocycles. The Bertz CT molecular complexity index is 1580. The zero-order valence-corrected chi connectivity index (χ0v) is 29.0. The summed E-state index contributed by atoms with van der Waals surface area (Å²) >= 11 is 0. The first-order valence-corrected chi connectivity index (χ1v) is 18.4. The predicted molar refractivity (Wildman–Crippen MR) is 196 cm³/mol. The van der Waals surface area contributed by atoms with E-state index in [9.17, 15) is 20.2 Å². The van der Waals surface area contributed by atoms with Crippen LogP contribution < -0.4 is 9.47 Å². The lowest BCUT2D eigenvalue weighted by atomic mass is 9.62. The smallest absolute Gasteiger partial charge is 0.269 e. The molecule has 6 rings (SSSR count). The normalized spacial score (nSPS) is 19.1. The van der Waals surface area contributed by atoms with Crippen molar-refractivity contribution in [1.82, 2.24) is 0 Å². The van der Waals surface area contributed by atoms with Crippen molar-refractivity contribution >= 4 is 11.4 Å². The van der Waals surface area contributed by atoms with Gasteiger partial charge in [0.25, 0.3) is 11.4 Å². The molecule has 0 saturated heterocycles. The molecule has 2 fully saturated rings. The molecule has 0 amide bonds. The molecule has 0 aliphatic heterocycles. The molecule has 4 aromatic carbocycles. The van der Waals surface area contributed by atoms with Crippen LogP contribution in [0.5, 0.6) is 23.0 Å². The maximum Gasteiger partial charge on any atom is 0.269 e. The molecule has 0 bridgehead atoms. The Morgan fingerprint density at radius 1 is 0.540 bits per heavy atom. The van der Waals surface area contributed by atoms with Crippen molar-refractivity contribution < 1.29 is 19.3 Å². The van der Waals surface area contributed by atoms with Gasteiger partial charge in [-0.15, -0.1) is 0 Å². The summed E-state index contributed by atoms with van der Waals surface area (Å²) < 4.78 is 12.1. The van der Waals surface area contributed by atoms with Crippen molar-refractivity contribution in [2.45, 2.75) is 95.8 Å².